The second-order valence-electron chi connectivity index (χ2n) is 5.16. The van der Waals surface area contributed by atoms with Crippen molar-refractivity contribution in [3.8, 4) is 0 Å². The van der Waals surface area contributed by atoms with Gasteiger partial charge >= 0.3 is 12.1 Å². The maximum absolute atomic E-state index is 12.7. The zero-order valence-corrected chi connectivity index (χ0v) is 10.9. The topological polar surface area (TPSA) is 49.3 Å². The number of carboxylic acid groups (broad SMARTS) is 1. The molecule has 20 heavy (non-hydrogen) atoms. The Labute approximate surface area is 114 Å². The molecule has 0 saturated heterocycles. The van der Waals surface area contributed by atoms with E-state index < -0.39 is 23.8 Å². The van der Waals surface area contributed by atoms with Gasteiger partial charge in [0.1, 0.15) is 6.04 Å². The van der Waals surface area contributed by atoms with Gasteiger partial charge in [0, 0.05) is 6.04 Å². The average molecular weight is 287 g/mol. The molecule has 6 heteroatoms. The van der Waals surface area contributed by atoms with Gasteiger partial charge in [0.15, 0.2) is 0 Å². The third-order valence-electron chi connectivity index (χ3n) is 3.47. The number of carbonyl (C=O) groups is 1. The van der Waals surface area contributed by atoms with E-state index in [9.17, 15) is 18.0 Å². The van der Waals surface area contributed by atoms with Crippen LogP contribution in [-0.2, 0) is 11.0 Å². The van der Waals surface area contributed by atoms with Crippen LogP contribution in [0, 0.1) is 5.92 Å². The van der Waals surface area contributed by atoms with Gasteiger partial charge < -0.3 is 5.11 Å². The predicted octanol–water partition coefficient (Wildman–Crippen LogP) is 3.22. The van der Waals surface area contributed by atoms with E-state index in [1.165, 1.54) is 13.0 Å². The number of benzene rings is 1. The molecule has 1 aliphatic rings. The largest absolute Gasteiger partial charge is 0.480 e. The van der Waals surface area contributed by atoms with Crippen LogP contribution in [0.3, 0.4) is 0 Å². The Bertz CT molecular complexity index is 497. The van der Waals surface area contributed by atoms with Crippen molar-refractivity contribution >= 4 is 5.97 Å². The Morgan fingerprint density at radius 1 is 1.40 bits per heavy atom. The van der Waals surface area contributed by atoms with Gasteiger partial charge in [-0.2, -0.15) is 13.2 Å². The normalized spacial score (nSPS) is 18.6. The predicted molar refractivity (Wildman–Crippen MR) is 67.1 cm³/mol. The summed E-state index contributed by atoms with van der Waals surface area (Å²) in [6.07, 6.45) is -2.58. The van der Waals surface area contributed by atoms with Crippen LogP contribution >= 0.6 is 0 Å². The molecule has 1 aromatic carbocycles. The highest BCUT2D eigenvalue weighted by molar-refractivity contribution is 5.72. The summed E-state index contributed by atoms with van der Waals surface area (Å²) in [5.74, 6) is -0.803. The van der Waals surface area contributed by atoms with E-state index in [-0.39, 0.29) is 12.0 Å². The van der Waals surface area contributed by atoms with Gasteiger partial charge in [-0.3, -0.25) is 10.1 Å². The smallest absolute Gasteiger partial charge is 0.416 e. The number of aliphatic carboxylic acids is 1. The molecule has 2 rings (SSSR count). The van der Waals surface area contributed by atoms with Gasteiger partial charge in [-0.1, -0.05) is 12.1 Å². The van der Waals surface area contributed by atoms with E-state index in [1.807, 2.05) is 0 Å². The molecule has 0 aliphatic heterocycles. The lowest BCUT2D eigenvalue weighted by atomic mass is 9.99. The molecule has 2 N–H and O–H groups in total. The average Bonchev–Trinajstić information content (AvgIpc) is 3.18. The van der Waals surface area contributed by atoms with Crippen molar-refractivity contribution in [2.45, 2.75) is 38.0 Å². The van der Waals surface area contributed by atoms with E-state index in [1.54, 1.807) is 6.07 Å². The highest BCUT2D eigenvalue weighted by Gasteiger charge is 2.36. The second-order valence-corrected chi connectivity index (χ2v) is 5.16. The molecule has 0 amide bonds. The maximum atomic E-state index is 12.7. The molecular formula is C14H16F3NO2. The molecule has 1 aromatic rings. The van der Waals surface area contributed by atoms with Gasteiger partial charge in [-0.15, -0.1) is 0 Å². The number of carboxylic acids is 1. The zero-order chi connectivity index (χ0) is 14.9. The Balaban J connectivity index is 2.23. The fourth-order valence-corrected chi connectivity index (χ4v) is 2.18. The van der Waals surface area contributed by atoms with Gasteiger partial charge in [-0.05, 0) is 43.4 Å². The Kier molecular flexibility index (Phi) is 4.04. The summed E-state index contributed by atoms with van der Waals surface area (Å²) < 4.78 is 38.2. The first kappa shape index (κ1) is 14.8. The first-order chi connectivity index (χ1) is 9.29. The molecular weight excluding hydrogens is 271 g/mol. The molecule has 2 atom stereocenters. The van der Waals surface area contributed by atoms with E-state index in [2.05, 4.69) is 5.32 Å². The van der Waals surface area contributed by atoms with Crippen LogP contribution in [-0.4, -0.2) is 17.1 Å². The van der Waals surface area contributed by atoms with Gasteiger partial charge in [0.2, 0.25) is 0 Å². The van der Waals surface area contributed by atoms with Crippen LogP contribution in [0.15, 0.2) is 24.3 Å². The van der Waals surface area contributed by atoms with Crippen molar-refractivity contribution in [3.63, 3.8) is 0 Å². The molecule has 0 radical (unpaired) electrons. The third kappa shape index (κ3) is 3.50. The summed E-state index contributed by atoms with van der Waals surface area (Å²) in [6.45, 7) is 1.49. The van der Waals surface area contributed by atoms with E-state index >= 15 is 0 Å². The van der Waals surface area contributed by atoms with Crippen LogP contribution < -0.4 is 5.32 Å². The number of halogens is 3. The van der Waals surface area contributed by atoms with Crippen LogP contribution in [0.1, 0.15) is 36.9 Å². The first-order valence-corrected chi connectivity index (χ1v) is 6.45. The molecule has 0 bridgehead atoms. The maximum Gasteiger partial charge on any atom is 0.416 e. The molecule has 2 unspecified atom stereocenters. The van der Waals surface area contributed by atoms with Crippen molar-refractivity contribution < 1.29 is 23.1 Å². The lowest BCUT2D eigenvalue weighted by Crippen LogP contribution is -2.37. The summed E-state index contributed by atoms with van der Waals surface area (Å²) >= 11 is 0. The highest BCUT2D eigenvalue weighted by atomic mass is 19.4. The monoisotopic (exact) mass is 287 g/mol. The van der Waals surface area contributed by atoms with Gasteiger partial charge in [0.25, 0.3) is 0 Å². The molecule has 0 heterocycles. The van der Waals surface area contributed by atoms with Crippen LogP contribution in [0.4, 0.5) is 13.2 Å². The number of nitrogens with one attached hydrogen (secondary N) is 1. The molecule has 0 spiro atoms. The summed E-state index contributed by atoms with van der Waals surface area (Å²) in [5.41, 5.74) is -0.208. The van der Waals surface area contributed by atoms with Crippen LogP contribution in [0.2, 0.25) is 0 Å². The number of hydrogen-bond donors (Lipinski definition) is 2. The molecule has 3 nitrogen and oxygen atoms in total. The fraction of sp³-hybridized carbons (Fsp3) is 0.500. The number of hydrogen-bond acceptors (Lipinski definition) is 2. The lowest BCUT2D eigenvalue weighted by Gasteiger charge is -2.22. The second kappa shape index (κ2) is 5.44. The highest BCUT2D eigenvalue weighted by Crippen LogP contribution is 2.42. The van der Waals surface area contributed by atoms with E-state index in [0.29, 0.717) is 5.56 Å². The molecule has 1 aliphatic carbocycles. The quantitative estimate of drug-likeness (QED) is 0.874. The molecule has 110 valence electrons. The Morgan fingerprint density at radius 3 is 2.55 bits per heavy atom. The van der Waals surface area contributed by atoms with Crippen LogP contribution in [0.25, 0.3) is 0 Å². The number of rotatable bonds is 5. The van der Waals surface area contributed by atoms with Gasteiger partial charge in [-0.25, -0.2) is 0 Å². The van der Waals surface area contributed by atoms with Crippen molar-refractivity contribution in [2.75, 3.05) is 0 Å². The summed E-state index contributed by atoms with van der Waals surface area (Å²) in [5, 5.41) is 11.8. The molecule has 0 aromatic heterocycles. The van der Waals surface area contributed by atoms with Crippen molar-refractivity contribution in [1.29, 1.82) is 0 Å². The minimum atomic E-state index is -4.39. The van der Waals surface area contributed by atoms with Crippen molar-refractivity contribution in [3.05, 3.63) is 35.4 Å². The van der Waals surface area contributed by atoms with Crippen molar-refractivity contribution in [2.24, 2.45) is 5.92 Å². The SMILES string of the molecule is CC(NC(c1cccc(C(F)(F)F)c1)C1CC1)C(=O)O. The molecule has 1 saturated carbocycles. The standard InChI is InChI=1S/C14H16F3NO2/c1-8(13(19)20)18-12(9-5-6-9)10-3-2-4-11(7-10)14(15,16)17/h2-4,7-9,12,18H,5-6H2,1H3,(H,19,20). The first-order valence-electron chi connectivity index (χ1n) is 6.45. The minimum Gasteiger partial charge on any atom is -0.480 e. The third-order valence-corrected chi connectivity index (χ3v) is 3.47. The molecule has 1 fully saturated rings. The summed E-state index contributed by atoms with van der Waals surface area (Å²) in [6, 6.07) is 3.96. The zero-order valence-electron chi connectivity index (χ0n) is 10.9. The van der Waals surface area contributed by atoms with Crippen LogP contribution in [0.5, 0.6) is 0 Å². The fourth-order valence-electron chi connectivity index (χ4n) is 2.18. The van der Waals surface area contributed by atoms with Crippen molar-refractivity contribution in [1.82, 2.24) is 5.32 Å². The van der Waals surface area contributed by atoms with E-state index in [4.69, 9.17) is 5.11 Å². The summed E-state index contributed by atoms with van der Waals surface area (Å²) in [7, 11) is 0. The summed E-state index contributed by atoms with van der Waals surface area (Å²) in [4.78, 5) is 10.9. The van der Waals surface area contributed by atoms with E-state index in [0.717, 1.165) is 25.0 Å². The van der Waals surface area contributed by atoms with Gasteiger partial charge in [0.05, 0.1) is 5.56 Å². The Hall–Kier alpha value is -1.56. The number of alkyl halides is 3. The lowest BCUT2D eigenvalue weighted by molar-refractivity contribution is -0.139. The Morgan fingerprint density at radius 2 is 2.05 bits per heavy atom. The minimum absolute atomic E-state index is 0.209.